The molecule has 84 valence electrons. The SMILES string of the molecule is CC.CC(C)OC(=O)OC1CCCC1. The van der Waals surface area contributed by atoms with Gasteiger partial charge < -0.3 is 9.47 Å². The van der Waals surface area contributed by atoms with Crippen molar-refractivity contribution in [3.8, 4) is 0 Å². The Balaban J connectivity index is 0.000000791. The molecule has 0 radical (unpaired) electrons. The van der Waals surface area contributed by atoms with Crippen molar-refractivity contribution >= 4 is 6.16 Å². The van der Waals surface area contributed by atoms with Crippen LogP contribution < -0.4 is 0 Å². The minimum absolute atomic E-state index is 0.0843. The molecule has 0 unspecified atom stereocenters. The number of carbonyl (C=O) groups excluding carboxylic acids is 1. The molecule has 3 nitrogen and oxygen atoms in total. The first-order valence-electron chi connectivity index (χ1n) is 5.55. The Labute approximate surface area is 86.8 Å². The number of hydrogen-bond acceptors (Lipinski definition) is 3. The zero-order valence-corrected chi connectivity index (χ0v) is 9.71. The number of carbonyl (C=O) groups is 1. The Morgan fingerprint density at radius 3 is 2.14 bits per heavy atom. The van der Waals surface area contributed by atoms with Gasteiger partial charge in [-0.05, 0) is 39.5 Å². The fourth-order valence-electron chi connectivity index (χ4n) is 1.36. The van der Waals surface area contributed by atoms with Gasteiger partial charge in [-0.1, -0.05) is 13.8 Å². The van der Waals surface area contributed by atoms with E-state index >= 15 is 0 Å². The van der Waals surface area contributed by atoms with Crippen LogP contribution >= 0.6 is 0 Å². The zero-order chi connectivity index (χ0) is 11.0. The standard InChI is InChI=1S/C9H16O3.C2H6/c1-7(2)11-9(10)12-8-5-3-4-6-8;1-2/h7-8H,3-6H2,1-2H3;1-2H3. The third kappa shape index (κ3) is 5.84. The normalized spacial score (nSPS) is 16.1. The minimum Gasteiger partial charge on any atom is -0.432 e. The average Bonchev–Trinajstić information content (AvgIpc) is 2.59. The molecule has 0 heterocycles. The Hall–Kier alpha value is -0.730. The van der Waals surface area contributed by atoms with E-state index in [-0.39, 0.29) is 12.2 Å². The fourth-order valence-corrected chi connectivity index (χ4v) is 1.36. The molecule has 0 aromatic heterocycles. The monoisotopic (exact) mass is 202 g/mol. The van der Waals surface area contributed by atoms with Gasteiger partial charge in [0.25, 0.3) is 0 Å². The maximum absolute atomic E-state index is 11.0. The molecule has 1 rings (SSSR count). The van der Waals surface area contributed by atoms with Gasteiger partial charge in [0, 0.05) is 0 Å². The number of hydrogen-bond donors (Lipinski definition) is 0. The summed E-state index contributed by atoms with van der Waals surface area (Å²) >= 11 is 0. The van der Waals surface area contributed by atoms with E-state index in [0.717, 1.165) is 12.8 Å². The van der Waals surface area contributed by atoms with Crippen LogP contribution in [0.15, 0.2) is 0 Å². The van der Waals surface area contributed by atoms with Crippen LogP contribution in [-0.2, 0) is 9.47 Å². The van der Waals surface area contributed by atoms with Crippen LogP contribution in [0.4, 0.5) is 4.79 Å². The lowest BCUT2D eigenvalue weighted by Crippen LogP contribution is -2.18. The van der Waals surface area contributed by atoms with Gasteiger partial charge in [0.05, 0.1) is 6.10 Å². The van der Waals surface area contributed by atoms with Crippen LogP contribution in [0, 0.1) is 0 Å². The van der Waals surface area contributed by atoms with E-state index in [4.69, 9.17) is 9.47 Å². The zero-order valence-electron chi connectivity index (χ0n) is 9.71. The van der Waals surface area contributed by atoms with Gasteiger partial charge in [-0.2, -0.15) is 0 Å². The van der Waals surface area contributed by atoms with Gasteiger partial charge in [0.2, 0.25) is 0 Å². The smallest absolute Gasteiger partial charge is 0.432 e. The van der Waals surface area contributed by atoms with Crippen molar-refractivity contribution in [2.45, 2.75) is 65.6 Å². The van der Waals surface area contributed by atoms with Crippen LogP contribution in [0.3, 0.4) is 0 Å². The maximum atomic E-state index is 11.0. The molecule has 0 bridgehead atoms. The predicted octanol–water partition coefficient (Wildman–Crippen LogP) is 3.52. The van der Waals surface area contributed by atoms with Crippen LogP contribution in [0.1, 0.15) is 53.4 Å². The van der Waals surface area contributed by atoms with Crippen molar-refractivity contribution in [1.29, 1.82) is 0 Å². The highest BCUT2D eigenvalue weighted by Crippen LogP contribution is 2.21. The van der Waals surface area contributed by atoms with Crippen molar-refractivity contribution < 1.29 is 14.3 Å². The summed E-state index contributed by atoms with van der Waals surface area (Å²) in [6.07, 6.45) is 3.83. The Morgan fingerprint density at radius 2 is 1.71 bits per heavy atom. The molecule has 0 saturated heterocycles. The number of ether oxygens (including phenoxy) is 2. The highest BCUT2D eigenvalue weighted by molar-refractivity contribution is 5.60. The summed E-state index contributed by atoms with van der Waals surface area (Å²) in [7, 11) is 0. The highest BCUT2D eigenvalue weighted by atomic mass is 16.7. The quantitative estimate of drug-likeness (QED) is 0.643. The molecule has 14 heavy (non-hydrogen) atoms. The molecule has 0 amide bonds. The topological polar surface area (TPSA) is 35.5 Å². The average molecular weight is 202 g/mol. The Kier molecular flexibility index (Phi) is 7.25. The molecule has 1 aliphatic carbocycles. The summed E-state index contributed by atoms with van der Waals surface area (Å²) in [5, 5.41) is 0. The molecular formula is C11H22O3. The summed E-state index contributed by atoms with van der Waals surface area (Å²) in [6, 6.07) is 0. The third-order valence-electron chi connectivity index (χ3n) is 1.90. The van der Waals surface area contributed by atoms with Crippen LogP contribution in [-0.4, -0.2) is 18.4 Å². The lowest BCUT2D eigenvalue weighted by Gasteiger charge is -2.12. The van der Waals surface area contributed by atoms with Crippen molar-refractivity contribution in [3.05, 3.63) is 0 Å². The summed E-state index contributed by atoms with van der Waals surface area (Å²) in [5.74, 6) is 0. The summed E-state index contributed by atoms with van der Waals surface area (Å²) in [4.78, 5) is 11.0. The van der Waals surface area contributed by atoms with Crippen LogP contribution in [0.2, 0.25) is 0 Å². The molecule has 3 heteroatoms. The predicted molar refractivity (Wildman–Crippen MR) is 56.3 cm³/mol. The fraction of sp³-hybridized carbons (Fsp3) is 0.909. The van der Waals surface area contributed by atoms with Crippen molar-refractivity contribution in [3.63, 3.8) is 0 Å². The Morgan fingerprint density at radius 1 is 1.21 bits per heavy atom. The maximum Gasteiger partial charge on any atom is 0.508 e. The minimum atomic E-state index is -0.517. The van der Waals surface area contributed by atoms with Crippen molar-refractivity contribution in [2.75, 3.05) is 0 Å². The second-order valence-electron chi connectivity index (χ2n) is 3.44. The first-order chi connectivity index (χ1) is 6.68. The van der Waals surface area contributed by atoms with E-state index in [1.54, 1.807) is 0 Å². The number of rotatable bonds is 2. The summed E-state index contributed by atoms with van der Waals surface area (Å²) in [5.41, 5.74) is 0. The molecule has 1 saturated carbocycles. The van der Waals surface area contributed by atoms with Crippen molar-refractivity contribution in [1.82, 2.24) is 0 Å². The molecular weight excluding hydrogens is 180 g/mol. The largest absolute Gasteiger partial charge is 0.508 e. The molecule has 0 aliphatic heterocycles. The molecule has 0 aromatic rings. The highest BCUT2D eigenvalue weighted by Gasteiger charge is 2.20. The lowest BCUT2D eigenvalue weighted by atomic mass is 10.3. The summed E-state index contributed by atoms with van der Waals surface area (Å²) < 4.78 is 9.91. The van der Waals surface area contributed by atoms with E-state index in [1.807, 2.05) is 27.7 Å². The van der Waals surface area contributed by atoms with E-state index in [9.17, 15) is 4.79 Å². The molecule has 0 N–H and O–H groups in total. The molecule has 1 aliphatic rings. The third-order valence-corrected chi connectivity index (χ3v) is 1.90. The molecule has 0 atom stereocenters. The second kappa shape index (κ2) is 7.65. The van der Waals surface area contributed by atoms with Gasteiger partial charge in [-0.15, -0.1) is 0 Å². The van der Waals surface area contributed by atoms with Crippen LogP contribution in [0.5, 0.6) is 0 Å². The van der Waals surface area contributed by atoms with E-state index < -0.39 is 6.16 Å². The van der Waals surface area contributed by atoms with E-state index in [1.165, 1.54) is 12.8 Å². The molecule has 0 aromatic carbocycles. The van der Waals surface area contributed by atoms with E-state index in [2.05, 4.69) is 0 Å². The first kappa shape index (κ1) is 13.3. The Bertz CT molecular complexity index is 149. The van der Waals surface area contributed by atoms with E-state index in [0.29, 0.717) is 0 Å². The van der Waals surface area contributed by atoms with Gasteiger partial charge in [0.15, 0.2) is 0 Å². The van der Waals surface area contributed by atoms with Crippen molar-refractivity contribution in [2.24, 2.45) is 0 Å². The molecule has 1 fully saturated rings. The van der Waals surface area contributed by atoms with Gasteiger partial charge in [-0.3, -0.25) is 0 Å². The van der Waals surface area contributed by atoms with Gasteiger partial charge in [0.1, 0.15) is 6.10 Å². The second-order valence-corrected chi connectivity index (χ2v) is 3.44. The summed E-state index contributed by atoms with van der Waals surface area (Å²) in [6.45, 7) is 7.63. The lowest BCUT2D eigenvalue weighted by molar-refractivity contribution is 0.00911. The van der Waals surface area contributed by atoms with Gasteiger partial charge >= 0.3 is 6.16 Å². The molecule has 0 spiro atoms. The van der Waals surface area contributed by atoms with Gasteiger partial charge in [-0.25, -0.2) is 4.79 Å². The van der Waals surface area contributed by atoms with Crippen LogP contribution in [0.25, 0.3) is 0 Å². The first-order valence-corrected chi connectivity index (χ1v) is 5.55.